The number of ether oxygens (including phenoxy) is 2. The Bertz CT molecular complexity index is 620. The first-order chi connectivity index (χ1) is 14.0. The lowest BCUT2D eigenvalue weighted by atomic mass is 9.84. The van der Waals surface area contributed by atoms with E-state index in [9.17, 15) is 19.5 Å². The zero-order chi connectivity index (χ0) is 22.8. The number of carboxylic acid groups (broad SMARTS) is 1. The van der Waals surface area contributed by atoms with Crippen LogP contribution in [-0.4, -0.2) is 52.3 Å². The molecule has 2 N–H and O–H groups in total. The fourth-order valence-corrected chi connectivity index (χ4v) is 3.72. The van der Waals surface area contributed by atoms with Crippen molar-refractivity contribution in [3.05, 3.63) is 0 Å². The summed E-state index contributed by atoms with van der Waals surface area (Å²) in [6, 6.07) is 0. The standard InChI is InChI=1S/C21H35NO8/c1-6-17-18(29-21(26)27)10-9-16(22-30-15(5)23)8-7-12(2)11-13(3)19(24)14(4)20(25)28-17/h12-14,17-19,24H,6-11H2,1-5H3,(H,26,27)/b22-16+. The number of aliphatic hydroxyl groups excluding tert-OH is 1. The minimum atomic E-state index is -1.47. The maximum Gasteiger partial charge on any atom is 0.506 e. The molecule has 0 aliphatic carbocycles. The predicted molar refractivity (Wildman–Crippen MR) is 109 cm³/mol. The number of hydrogen-bond donors (Lipinski definition) is 2. The van der Waals surface area contributed by atoms with Crippen LogP contribution in [0.1, 0.15) is 73.1 Å². The van der Waals surface area contributed by atoms with Gasteiger partial charge in [-0.05, 0) is 57.3 Å². The zero-order valence-corrected chi connectivity index (χ0v) is 18.5. The van der Waals surface area contributed by atoms with Crippen molar-refractivity contribution in [3.8, 4) is 0 Å². The molecule has 30 heavy (non-hydrogen) atoms. The molecule has 0 amide bonds. The van der Waals surface area contributed by atoms with Crippen LogP contribution in [0.15, 0.2) is 5.16 Å². The topological polar surface area (TPSA) is 132 Å². The van der Waals surface area contributed by atoms with E-state index in [1.807, 2.05) is 13.8 Å². The molecule has 0 bridgehead atoms. The fraction of sp³-hybridized carbons (Fsp3) is 0.810. The maximum atomic E-state index is 12.6. The van der Waals surface area contributed by atoms with Gasteiger partial charge in [0.05, 0.1) is 17.7 Å². The molecule has 1 heterocycles. The van der Waals surface area contributed by atoms with Crippen molar-refractivity contribution in [2.45, 2.75) is 91.5 Å². The highest BCUT2D eigenvalue weighted by molar-refractivity contribution is 5.84. The van der Waals surface area contributed by atoms with Crippen LogP contribution in [0.5, 0.6) is 0 Å². The predicted octanol–water partition coefficient (Wildman–Crippen LogP) is 3.52. The number of cyclic esters (lactones) is 1. The molecule has 172 valence electrons. The third-order valence-corrected chi connectivity index (χ3v) is 5.52. The summed E-state index contributed by atoms with van der Waals surface area (Å²) in [5, 5.41) is 23.6. The van der Waals surface area contributed by atoms with Gasteiger partial charge in [-0.25, -0.2) is 9.59 Å². The first kappa shape index (κ1) is 25.9. The van der Waals surface area contributed by atoms with Crippen LogP contribution in [0, 0.1) is 17.8 Å². The molecule has 0 aromatic carbocycles. The van der Waals surface area contributed by atoms with E-state index in [0.29, 0.717) is 31.4 Å². The molecule has 1 aliphatic heterocycles. The average Bonchev–Trinajstić information content (AvgIpc) is 2.67. The number of esters is 1. The van der Waals surface area contributed by atoms with Crippen LogP contribution in [0.3, 0.4) is 0 Å². The van der Waals surface area contributed by atoms with E-state index in [1.165, 1.54) is 6.92 Å². The average molecular weight is 430 g/mol. The molecule has 1 aliphatic rings. The highest BCUT2D eigenvalue weighted by atomic mass is 16.7. The summed E-state index contributed by atoms with van der Waals surface area (Å²) in [5.74, 6) is -1.77. The first-order valence-electron chi connectivity index (χ1n) is 10.6. The van der Waals surface area contributed by atoms with Crippen molar-refractivity contribution in [3.63, 3.8) is 0 Å². The van der Waals surface area contributed by atoms with Gasteiger partial charge in [0.1, 0.15) is 12.2 Å². The number of rotatable bonds is 3. The Morgan fingerprint density at radius 3 is 2.40 bits per heavy atom. The Kier molecular flexibility index (Phi) is 10.8. The van der Waals surface area contributed by atoms with Crippen molar-refractivity contribution in [1.29, 1.82) is 0 Å². The summed E-state index contributed by atoms with van der Waals surface area (Å²) in [6.45, 7) is 8.56. The number of nitrogens with zero attached hydrogens (tertiary/aromatic N) is 1. The summed E-state index contributed by atoms with van der Waals surface area (Å²) in [5.41, 5.74) is 0.607. The van der Waals surface area contributed by atoms with Crippen LogP contribution < -0.4 is 0 Å². The molecule has 1 rings (SSSR count). The molecule has 0 spiro atoms. The molecule has 1 fully saturated rings. The minimum Gasteiger partial charge on any atom is -0.458 e. The third-order valence-electron chi connectivity index (χ3n) is 5.52. The summed E-state index contributed by atoms with van der Waals surface area (Å²) in [7, 11) is 0. The molecule has 9 nitrogen and oxygen atoms in total. The quantitative estimate of drug-likeness (QED) is 0.396. The van der Waals surface area contributed by atoms with Gasteiger partial charge in [0, 0.05) is 6.92 Å². The molecule has 9 heteroatoms. The van der Waals surface area contributed by atoms with E-state index < -0.39 is 42.3 Å². The van der Waals surface area contributed by atoms with Crippen molar-refractivity contribution < 1.29 is 38.9 Å². The Hall–Kier alpha value is -2.16. The van der Waals surface area contributed by atoms with Gasteiger partial charge >= 0.3 is 18.1 Å². The van der Waals surface area contributed by atoms with Crippen molar-refractivity contribution in [2.75, 3.05) is 0 Å². The van der Waals surface area contributed by atoms with Gasteiger partial charge in [0.15, 0.2) is 0 Å². The number of carbonyl (C=O) groups is 3. The third kappa shape index (κ3) is 8.69. The molecular weight excluding hydrogens is 394 g/mol. The smallest absolute Gasteiger partial charge is 0.458 e. The van der Waals surface area contributed by atoms with E-state index >= 15 is 0 Å². The summed E-state index contributed by atoms with van der Waals surface area (Å²) in [4.78, 5) is 39.7. The van der Waals surface area contributed by atoms with Crippen LogP contribution in [0.4, 0.5) is 4.79 Å². The molecule has 1 saturated heterocycles. The Morgan fingerprint density at radius 1 is 1.20 bits per heavy atom. The summed E-state index contributed by atoms with van der Waals surface area (Å²) in [6.07, 6.45) is -1.13. The second kappa shape index (κ2) is 12.5. The first-order valence-corrected chi connectivity index (χ1v) is 10.6. The zero-order valence-electron chi connectivity index (χ0n) is 18.5. The Balaban J connectivity index is 3.16. The number of oxime groups is 1. The van der Waals surface area contributed by atoms with Gasteiger partial charge < -0.3 is 24.5 Å². The SMILES string of the molecule is CCC1OC(=O)C(C)C(O)C(C)CC(C)CC/C(=N\OC(C)=O)CCC1OC(=O)O. The second-order valence-electron chi connectivity index (χ2n) is 8.22. The van der Waals surface area contributed by atoms with E-state index in [0.717, 1.165) is 6.42 Å². The summed E-state index contributed by atoms with van der Waals surface area (Å²) >= 11 is 0. The minimum absolute atomic E-state index is 0.134. The molecule has 6 atom stereocenters. The second-order valence-corrected chi connectivity index (χ2v) is 8.22. The van der Waals surface area contributed by atoms with Crippen LogP contribution in [-0.2, 0) is 23.9 Å². The lowest BCUT2D eigenvalue weighted by Crippen LogP contribution is -2.40. The normalized spacial score (nSPS) is 33.3. The Labute approximate surface area is 177 Å². The number of carbonyl (C=O) groups excluding carboxylic acids is 2. The molecular formula is C21H35NO8. The van der Waals surface area contributed by atoms with E-state index in [1.54, 1.807) is 13.8 Å². The van der Waals surface area contributed by atoms with E-state index in [-0.39, 0.29) is 18.3 Å². The molecule has 0 saturated carbocycles. The number of hydrogen-bond acceptors (Lipinski definition) is 8. The van der Waals surface area contributed by atoms with Crippen molar-refractivity contribution >= 4 is 23.8 Å². The highest BCUT2D eigenvalue weighted by Gasteiger charge is 2.34. The van der Waals surface area contributed by atoms with Crippen molar-refractivity contribution in [2.24, 2.45) is 22.9 Å². The lowest BCUT2D eigenvalue weighted by molar-refractivity contribution is -0.165. The monoisotopic (exact) mass is 429 g/mol. The Morgan fingerprint density at radius 2 is 1.83 bits per heavy atom. The van der Waals surface area contributed by atoms with Gasteiger partial charge in [0.25, 0.3) is 0 Å². The van der Waals surface area contributed by atoms with Gasteiger partial charge in [-0.2, -0.15) is 0 Å². The van der Waals surface area contributed by atoms with E-state index in [4.69, 9.17) is 19.4 Å². The van der Waals surface area contributed by atoms with Gasteiger partial charge in [0.2, 0.25) is 0 Å². The molecule has 0 radical (unpaired) electrons. The molecule has 0 aromatic heterocycles. The van der Waals surface area contributed by atoms with Gasteiger partial charge in [-0.1, -0.05) is 25.9 Å². The largest absolute Gasteiger partial charge is 0.506 e. The highest BCUT2D eigenvalue weighted by Crippen LogP contribution is 2.26. The molecule has 6 unspecified atom stereocenters. The van der Waals surface area contributed by atoms with Crippen LogP contribution >= 0.6 is 0 Å². The summed E-state index contributed by atoms with van der Waals surface area (Å²) < 4.78 is 10.5. The van der Waals surface area contributed by atoms with Gasteiger partial charge in [-0.15, -0.1) is 0 Å². The van der Waals surface area contributed by atoms with E-state index in [2.05, 4.69) is 5.16 Å². The molecule has 0 aromatic rings. The lowest BCUT2D eigenvalue weighted by Gasteiger charge is -2.30. The maximum absolute atomic E-state index is 12.6. The van der Waals surface area contributed by atoms with Crippen LogP contribution in [0.25, 0.3) is 0 Å². The fourth-order valence-electron chi connectivity index (χ4n) is 3.72. The van der Waals surface area contributed by atoms with Crippen molar-refractivity contribution in [1.82, 2.24) is 0 Å². The number of aliphatic hydroxyl groups is 1. The van der Waals surface area contributed by atoms with Crippen LogP contribution in [0.2, 0.25) is 0 Å². The van der Waals surface area contributed by atoms with Gasteiger partial charge in [-0.3, -0.25) is 4.79 Å².